The first kappa shape index (κ1) is 27.7. The monoisotopic (exact) mass is 673 g/mol. The van der Waals surface area contributed by atoms with Crippen LogP contribution in [0.2, 0.25) is 0 Å². The Morgan fingerprint density at radius 3 is 2.49 bits per heavy atom. The van der Waals surface area contributed by atoms with Crippen molar-refractivity contribution in [3.8, 4) is 11.5 Å². The van der Waals surface area contributed by atoms with Crippen molar-refractivity contribution in [2.45, 2.75) is 44.6 Å². The Hall–Kier alpha value is -3.49. The van der Waals surface area contributed by atoms with Crippen LogP contribution in [0.25, 0.3) is 21.7 Å². The summed E-state index contributed by atoms with van der Waals surface area (Å²) < 4.78 is 15.0. The van der Waals surface area contributed by atoms with Gasteiger partial charge in [-0.15, -0.1) is 0 Å². The molecule has 0 bridgehead atoms. The molecule has 41 heavy (non-hydrogen) atoms. The third-order valence-corrected chi connectivity index (χ3v) is 9.83. The maximum Gasteiger partial charge on any atom is 0.282 e. The van der Waals surface area contributed by atoms with E-state index >= 15 is 0 Å². The van der Waals surface area contributed by atoms with E-state index in [1.807, 2.05) is 42.5 Å². The van der Waals surface area contributed by atoms with Crippen LogP contribution in [0.3, 0.4) is 0 Å². The zero-order chi connectivity index (χ0) is 28.3. The normalized spacial score (nSPS) is 14.2. The van der Waals surface area contributed by atoms with E-state index in [9.17, 15) is 4.79 Å². The van der Waals surface area contributed by atoms with Gasteiger partial charge in [0.15, 0.2) is 11.5 Å². The second kappa shape index (κ2) is 12.2. The lowest BCUT2D eigenvalue weighted by atomic mass is 9.88. The third kappa shape index (κ3) is 5.55. The molecule has 1 aliphatic carbocycles. The maximum atomic E-state index is 13.6. The molecule has 0 unspecified atom stereocenters. The van der Waals surface area contributed by atoms with Gasteiger partial charge in [0.2, 0.25) is 0 Å². The highest BCUT2D eigenvalue weighted by Gasteiger charge is 2.23. The van der Waals surface area contributed by atoms with Gasteiger partial charge in [-0.05, 0) is 79.2 Å². The molecule has 208 valence electrons. The van der Waals surface area contributed by atoms with E-state index < -0.39 is 0 Å². The number of fused-ring (bicyclic) bond motifs is 2. The molecule has 0 saturated heterocycles. The fraction of sp³-hybridized carbons (Fsp3) is 0.242. The molecule has 1 fully saturated rings. The van der Waals surface area contributed by atoms with Gasteiger partial charge in [0.1, 0.15) is 12.4 Å². The molecule has 0 N–H and O–H groups in total. The molecule has 8 heteroatoms. The number of hydrogen-bond donors (Lipinski definition) is 0. The van der Waals surface area contributed by atoms with Crippen molar-refractivity contribution < 1.29 is 9.47 Å². The van der Waals surface area contributed by atoms with Crippen molar-refractivity contribution in [2.75, 3.05) is 7.11 Å². The third-order valence-electron chi connectivity index (χ3n) is 7.69. The summed E-state index contributed by atoms with van der Waals surface area (Å²) in [6.07, 6.45) is 7.17. The highest BCUT2D eigenvalue weighted by molar-refractivity contribution is 9.13. The Kier molecular flexibility index (Phi) is 8.21. The fourth-order valence-electron chi connectivity index (χ4n) is 5.55. The highest BCUT2D eigenvalue weighted by atomic mass is 79.9. The number of nitrogens with zero attached hydrogens (tertiary/aromatic N) is 3. The Morgan fingerprint density at radius 1 is 0.951 bits per heavy atom. The number of aromatic nitrogens is 2. The summed E-state index contributed by atoms with van der Waals surface area (Å²) in [6, 6.07) is 23.8. The second-order valence-corrected chi connectivity index (χ2v) is 11.8. The van der Waals surface area contributed by atoms with Gasteiger partial charge in [-0.2, -0.15) is 9.78 Å². The molecule has 1 heterocycles. The predicted molar refractivity (Wildman–Crippen MR) is 171 cm³/mol. The van der Waals surface area contributed by atoms with Gasteiger partial charge in [0.25, 0.3) is 5.56 Å². The van der Waals surface area contributed by atoms with Gasteiger partial charge in [-0.3, -0.25) is 4.79 Å². The summed E-state index contributed by atoms with van der Waals surface area (Å²) in [5.41, 5.74) is 2.37. The van der Waals surface area contributed by atoms with Crippen molar-refractivity contribution in [3.05, 3.63) is 109 Å². The van der Waals surface area contributed by atoms with Crippen LogP contribution in [-0.4, -0.2) is 23.0 Å². The molecule has 1 aliphatic rings. The number of hydrogen-bond acceptors (Lipinski definition) is 5. The molecule has 4 aromatic carbocycles. The quantitative estimate of drug-likeness (QED) is 0.162. The van der Waals surface area contributed by atoms with E-state index in [0.717, 1.165) is 52.5 Å². The van der Waals surface area contributed by atoms with Crippen LogP contribution in [-0.2, 0) is 6.61 Å². The Labute approximate surface area is 255 Å². The Balaban J connectivity index is 1.36. The van der Waals surface area contributed by atoms with Crippen LogP contribution in [0.5, 0.6) is 11.5 Å². The van der Waals surface area contributed by atoms with Gasteiger partial charge in [0.05, 0.1) is 28.7 Å². The fourth-order valence-corrected chi connectivity index (χ4v) is 6.49. The summed E-state index contributed by atoms with van der Waals surface area (Å²) in [6.45, 7) is 0.374. The van der Waals surface area contributed by atoms with Crippen molar-refractivity contribution in [1.82, 2.24) is 9.66 Å². The Bertz CT molecular complexity index is 1820. The number of methoxy groups -OCH3 is 1. The SMILES string of the molecule is COc1cc(C=Nn2c(C3CCCCC3)nc3ccccc3c2=O)c(Br)c(Br)c1OCc1cccc2ccccc12. The van der Waals surface area contributed by atoms with Crippen LogP contribution >= 0.6 is 31.9 Å². The van der Waals surface area contributed by atoms with Gasteiger partial charge in [-0.1, -0.05) is 73.9 Å². The van der Waals surface area contributed by atoms with E-state index in [1.165, 1.54) is 16.5 Å². The minimum Gasteiger partial charge on any atom is -0.493 e. The summed E-state index contributed by atoms with van der Waals surface area (Å²) in [7, 11) is 1.61. The summed E-state index contributed by atoms with van der Waals surface area (Å²) >= 11 is 7.41. The lowest BCUT2D eigenvalue weighted by molar-refractivity contribution is 0.283. The topological polar surface area (TPSA) is 65.7 Å². The van der Waals surface area contributed by atoms with Crippen LogP contribution in [0.4, 0.5) is 0 Å². The zero-order valence-corrected chi connectivity index (χ0v) is 25.8. The standard InChI is InChI=1S/C33H29Br2N3O3/c1-40-28-18-24(29(34)30(35)31(28)41-20-23-14-9-13-21-10-5-6-15-25(21)23)19-36-38-32(22-11-3-2-4-12-22)37-27-17-8-7-16-26(27)33(38)39/h5-10,13-19,22H,2-4,11-12,20H2,1H3. The van der Waals surface area contributed by atoms with Gasteiger partial charge in [0, 0.05) is 16.0 Å². The predicted octanol–water partition coefficient (Wildman–Crippen LogP) is 8.59. The maximum absolute atomic E-state index is 13.6. The van der Waals surface area contributed by atoms with Crippen LogP contribution < -0.4 is 15.0 Å². The van der Waals surface area contributed by atoms with Crippen LogP contribution in [0.15, 0.2) is 91.6 Å². The number of rotatable bonds is 7. The van der Waals surface area contributed by atoms with E-state index in [0.29, 0.717) is 33.5 Å². The average Bonchev–Trinajstić information content (AvgIpc) is 3.02. The lowest BCUT2D eigenvalue weighted by Gasteiger charge is -2.22. The first-order valence-electron chi connectivity index (χ1n) is 13.8. The largest absolute Gasteiger partial charge is 0.493 e. The van der Waals surface area contributed by atoms with Crippen molar-refractivity contribution in [1.29, 1.82) is 0 Å². The van der Waals surface area contributed by atoms with Crippen LogP contribution in [0, 0.1) is 0 Å². The number of halogens is 2. The number of ether oxygens (including phenoxy) is 2. The van der Waals surface area contributed by atoms with E-state index in [1.54, 1.807) is 19.4 Å². The molecule has 0 atom stereocenters. The molecule has 1 aromatic heterocycles. The smallest absolute Gasteiger partial charge is 0.282 e. The summed E-state index contributed by atoms with van der Waals surface area (Å²) in [4.78, 5) is 18.5. The number of para-hydroxylation sites is 1. The van der Waals surface area contributed by atoms with Gasteiger partial charge in [-0.25, -0.2) is 4.98 Å². The molecule has 6 nitrogen and oxygen atoms in total. The molecule has 6 rings (SSSR count). The molecular formula is C33H29Br2N3O3. The van der Waals surface area contributed by atoms with Crippen molar-refractivity contribution in [2.24, 2.45) is 5.10 Å². The van der Waals surface area contributed by atoms with Gasteiger partial charge >= 0.3 is 0 Å². The van der Waals surface area contributed by atoms with Crippen LogP contribution in [0.1, 0.15) is 55.0 Å². The molecule has 0 amide bonds. The van der Waals surface area contributed by atoms with Gasteiger partial charge < -0.3 is 9.47 Å². The van der Waals surface area contributed by atoms with Crippen molar-refractivity contribution >= 4 is 59.7 Å². The average molecular weight is 675 g/mol. The van der Waals surface area contributed by atoms with E-state index in [-0.39, 0.29) is 11.5 Å². The summed E-state index contributed by atoms with van der Waals surface area (Å²) in [5.74, 6) is 2.06. The van der Waals surface area contributed by atoms with E-state index in [4.69, 9.17) is 19.6 Å². The molecule has 0 spiro atoms. The second-order valence-electron chi connectivity index (χ2n) is 10.2. The molecular weight excluding hydrogens is 646 g/mol. The Morgan fingerprint density at radius 2 is 1.68 bits per heavy atom. The zero-order valence-electron chi connectivity index (χ0n) is 22.6. The highest BCUT2D eigenvalue weighted by Crippen LogP contribution is 2.43. The minimum absolute atomic E-state index is 0.162. The number of benzene rings is 4. The molecule has 1 saturated carbocycles. The minimum atomic E-state index is -0.162. The first-order valence-corrected chi connectivity index (χ1v) is 15.3. The van der Waals surface area contributed by atoms with E-state index in [2.05, 4.69) is 56.1 Å². The van der Waals surface area contributed by atoms with Crippen molar-refractivity contribution in [3.63, 3.8) is 0 Å². The molecule has 0 radical (unpaired) electrons. The molecule has 5 aromatic rings. The molecule has 0 aliphatic heterocycles. The first-order chi connectivity index (χ1) is 20.0. The summed E-state index contributed by atoms with van der Waals surface area (Å²) in [5, 5.41) is 7.57. The lowest BCUT2D eigenvalue weighted by Crippen LogP contribution is -2.25.